The van der Waals surface area contributed by atoms with Crippen LogP contribution in [0.5, 0.6) is 0 Å². The first-order valence-corrected chi connectivity index (χ1v) is 4.78. The normalized spacial score (nSPS) is 10.0. The van der Waals surface area contributed by atoms with Crippen LogP contribution in [0.15, 0.2) is 5.16 Å². The summed E-state index contributed by atoms with van der Waals surface area (Å²) >= 11 is 1.46. The summed E-state index contributed by atoms with van der Waals surface area (Å²) < 4.78 is 1.58. The molecule has 1 heterocycles. The Hall–Kier alpha value is -1.11. The van der Waals surface area contributed by atoms with Crippen molar-refractivity contribution in [2.75, 3.05) is 12.8 Å². The molecule has 0 spiro atoms. The van der Waals surface area contributed by atoms with Crippen molar-refractivity contribution in [3.05, 3.63) is 0 Å². The van der Waals surface area contributed by atoms with E-state index in [1.165, 1.54) is 11.8 Å². The van der Waals surface area contributed by atoms with E-state index in [0.717, 1.165) is 5.16 Å². The average Bonchev–Trinajstić information content (AvgIpc) is 2.52. The number of amides is 1. The Morgan fingerprint density at radius 3 is 3.00 bits per heavy atom. The van der Waals surface area contributed by atoms with Gasteiger partial charge in [0.25, 0.3) is 0 Å². The highest BCUT2D eigenvalue weighted by atomic mass is 32.2. The molecule has 7 heteroatoms. The summed E-state index contributed by atoms with van der Waals surface area (Å²) in [5, 5.41) is 14.2. The lowest BCUT2D eigenvalue weighted by atomic mass is 10.5. The van der Waals surface area contributed by atoms with Crippen LogP contribution in [0.3, 0.4) is 0 Å². The number of nitrogens with zero attached hydrogens (tertiary/aromatic N) is 4. The minimum atomic E-state index is 0.0302. The van der Waals surface area contributed by atoms with E-state index in [2.05, 4.69) is 20.8 Å². The van der Waals surface area contributed by atoms with Crippen molar-refractivity contribution < 1.29 is 4.79 Å². The molecule has 0 radical (unpaired) electrons. The molecule has 1 aromatic rings. The second-order valence-corrected chi connectivity index (χ2v) is 3.42. The first kappa shape index (κ1) is 9.97. The molecular formula is C6H11N5OS. The summed E-state index contributed by atoms with van der Waals surface area (Å²) in [5.41, 5.74) is 0. The van der Waals surface area contributed by atoms with E-state index in [-0.39, 0.29) is 5.91 Å². The van der Waals surface area contributed by atoms with Crippen LogP contribution in [-0.4, -0.2) is 38.9 Å². The Morgan fingerprint density at radius 2 is 2.46 bits per heavy atom. The van der Waals surface area contributed by atoms with E-state index in [1.54, 1.807) is 18.8 Å². The SMILES string of the molecule is CNC(=O)CCSc1nnnn1C. The zero-order valence-electron chi connectivity index (χ0n) is 7.52. The number of rotatable bonds is 4. The molecule has 72 valence electrons. The number of aromatic nitrogens is 4. The summed E-state index contributed by atoms with van der Waals surface area (Å²) in [4.78, 5) is 10.8. The Labute approximate surface area is 80.1 Å². The van der Waals surface area contributed by atoms with E-state index in [4.69, 9.17) is 0 Å². The third-order valence-electron chi connectivity index (χ3n) is 1.42. The highest BCUT2D eigenvalue weighted by molar-refractivity contribution is 7.99. The summed E-state index contributed by atoms with van der Waals surface area (Å²) in [7, 11) is 3.39. The van der Waals surface area contributed by atoms with Crippen molar-refractivity contribution in [1.29, 1.82) is 0 Å². The molecule has 6 nitrogen and oxygen atoms in total. The Bertz CT molecular complexity index is 286. The standard InChI is InChI=1S/C6H11N5OS/c1-7-5(12)3-4-13-6-8-9-10-11(6)2/h3-4H2,1-2H3,(H,7,12). The fraction of sp³-hybridized carbons (Fsp3) is 0.667. The molecule has 0 saturated heterocycles. The van der Waals surface area contributed by atoms with E-state index >= 15 is 0 Å². The summed E-state index contributed by atoms with van der Waals surface area (Å²) in [6.45, 7) is 0. The van der Waals surface area contributed by atoms with Crippen molar-refractivity contribution >= 4 is 17.7 Å². The number of hydrogen-bond donors (Lipinski definition) is 1. The molecular weight excluding hydrogens is 190 g/mol. The molecule has 0 bridgehead atoms. The maximum absolute atomic E-state index is 10.8. The van der Waals surface area contributed by atoms with Gasteiger partial charge in [0.05, 0.1) is 0 Å². The Morgan fingerprint density at radius 1 is 1.69 bits per heavy atom. The van der Waals surface area contributed by atoms with Crippen LogP contribution in [0, 0.1) is 0 Å². The third-order valence-corrected chi connectivity index (χ3v) is 2.43. The van der Waals surface area contributed by atoms with Crippen LogP contribution in [-0.2, 0) is 11.8 Å². The van der Waals surface area contributed by atoms with E-state index in [9.17, 15) is 4.79 Å². The molecule has 0 fully saturated rings. The topological polar surface area (TPSA) is 72.7 Å². The number of nitrogens with one attached hydrogen (secondary N) is 1. The summed E-state index contributed by atoms with van der Waals surface area (Å²) in [5.74, 6) is 0.719. The van der Waals surface area contributed by atoms with Crippen LogP contribution < -0.4 is 5.32 Å². The monoisotopic (exact) mass is 201 g/mol. The first-order valence-electron chi connectivity index (χ1n) is 3.79. The maximum atomic E-state index is 10.8. The molecule has 0 aliphatic carbocycles. The maximum Gasteiger partial charge on any atom is 0.220 e. The number of carbonyl (C=O) groups is 1. The lowest BCUT2D eigenvalue weighted by Crippen LogP contribution is -2.17. The molecule has 0 aliphatic heterocycles. The molecule has 0 aliphatic rings. The van der Waals surface area contributed by atoms with Gasteiger partial charge in [-0.25, -0.2) is 4.68 Å². The zero-order chi connectivity index (χ0) is 9.68. The van der Waals surface area contributed by atoms with Crippen molar-refractivity contribution in [1.82, 2.24) is 25.5 Å². The van der Waals surface area contributed by atoms with Gasteiger partial charge in [0.2, 0.25) is 11.1 Å². The van der Waals surface area contributed by atoms with Crippen LogP contribution in [0.1, 0.15) is 6.42 Å². The van der Waals surface area contributed by atoms with Crippen LogP contribution in [0.2, 0.25) is 0 Å². The van der Waals surface area contributed by atoms with Crippen LogP contribution in [0.4, 0.5) is 0 Å². The van der Waals surface area contributed by atoms with Gasteiger partial charge in [0.15, 0.2) is 0 Å². The lowest BCUT2D eigenvalue weighted by molar-refractivity contribution is -0.120. The first-order chi connectivity index (χ1) is 6.24. The quantitative estimate of drug-likeness (QED) is 0.661. The molecule has 0 aromatic carbocycles. The van der Waals surface area contributed by atoms with Crippen molar-refractivity contribution in [2.24, 2.45) is 7.05 Å². The highest BCUT2D eigenvalue weighted by Gasteiger charge is 2.03. The molecule has 0 atom stereocenters. The molecule has 0 unspecified atom stereocenters. The van der Waals surface area contributed by atoms with Gasteiger partial charge in [-0.15, -0.1) is 5.10 Å². The smallest absolute Gasteiger partial charge is 0.220 e. The van der Waals surface area contributed by atoms with Crippen molar-refractivity contribution in [2.45, 2.75) is 11.6 Å². The van der Waals surface area contributed by atoms with Gasteiger partial charge in [-0.3, -0.25) is 4.79 Å². The second-order valence-electron chi connectivity index (χ2n) is 2.36. The van der Waals surface area contributed by atoms with Gasteiger partial charge in [0, 0.05) is 26.3 Å². The Balaban J connectivity index is 2.28. The molecule has 1 aromatic heterocycles. The van der Waals surface area contributed by atoms with Gasteiger partial charge in [-0.05, 0) is 10.4 Å². The van der Waals surface area contributed by atoms with Gasteiger partial charge >= 0.3 is 0 Å². The minimum Gasteiger partial charge on any atom is -0.359 e. The lowest BCUT2D eigenvalue weighted by Gasteiger charge is -1.98. The second kappa shape index (κ2) is 4.80. The molecule has 1 N–H and O–H groups in total. The van der Waals surface area contributed by atoms with Crippen LogP contribution in [0.25, 0.3) is 0 Å². The van der Waals surface area contributed by atoms with Gasteiger partial charge < -0.3 is 5.32 Å². The van der Waals surface area contributed by atoms with Crippen molar-refractivity contribution in [3.63, 3.8) is 0 Å². The fourth-order valence-electron chi connectivity index (χ4n) is 0.704. The zero-order valence-corrected chi connectivity index (χ0v) is 8.34. The van der Waals surface area contributed by atoms with Crippen molar-refractivity contribution in [3.8, 4) is 0 Å². The number of tetrazole rings is 1. The predicted molar refractivity (Wildman–Crippen MR) is 48.2 cm³/mol. The number of carbonyl (C=O) groups excluding carboxylic acids is 1. The largest absolute Gasteiger partial charge is 0.359 e. The fourth-order valence-corrected chi connectivity index (χ4v) is 1.49. The number of hydrogen-bond acceptors (Lipinski definition) is 5. The molecule has 0 saturated carbocycles. The molecule has 1 amide bonds. The Kier molecular flexibility index (Phi) is 3.69. The van der Waals surface area contributed by atoms with E-state index in [1.807, 2.05) is 0 Å². The van der Waals surface area contributed by atoms with E-state index in [0.29, 0.717) is 12.2 Å². The summed E-state index contributed by atoms with van der Waals surface area (Å²) in [6, 6.07) is 0. The highest BCUT2D eigenvalue weighted by Crippen LogP contribution is 2.12. The molecule has 13 heavy (non-hydrogen) atoms. The van der Waals surface area contributed by atoms with Gasteiger partial charge in [0.1, 0.15) is 0 Å². The molecule has 1 rings (SSSR count). The average molecular weight is 201 g/mol. The number of thioether (sulfide) groups is 1. The van der Waals surface area contributed by atoms with Gasteiger partial charge in [-0.2, -0.15) is 0 Å². The van der Waals surface area contributed by atoms with E-state index < -0.39 is 0 Å². The summed E-state index contributed by atoms with van der Waals surface area (Å²) in [6.07, 6.45) is 0.480. The minimum absolute atomic E-state index is 0.0302. The predicted octanol–water partition coefficient (Wildman–Crippen LogP) is -0.562. The number of aryl methyl sites for hydroxylation is 1. The third kappa shape index (κ3) is 3.02. The van der Waals surface area contributed by atoms with Crippen LogP contribution >= 0.6 is 11.8 Å². The van der Waals surface area contributed by atoms with Gasteiger partial charge in [-0.1, -0.05) is 11.8 Å².